The summed E-state index contributed by atoms with van der Waals surface area (Å²) in [6.07, 6.45) is 3.82. The van der Waals surface area contributed by atoms with E-state index in [4.69, 9.17) is 4.74 Å². The predicted octanol–water partition coefficient (Wildman–Crippen LogP) is 1.23. The number of ether oxygens (including phenoxy) is 1. The first-order chi connectivity index (χ1) is 6.45. The van der Waals surface area contributed by atoms with Gasteiger partial charge in [-0.3, -0.25) is 5.10 Å². The highest BCUT2D eigenvalue weighted by molar-refractivity contribution is 5.35. The Hall–Kier alpha value is -1.55. The van der Waals surface area contributed by atoms with Crippen molar-refractivity contribution in [3.05, 3.63) is 35.8 Å². The van der Waals surface area contributed by atoms with Crippen molar-refractivity contribution in [3.63, 3.8) is 0 Å². The van der Waals surface area contributed by atoms with Gasteiger partial charge in [-0.05, 0) is 12.1 Å². The lowest BCUT2D eigenvalue weighted by Gasteiger charge is -2.01. The smallest absolute Gasteiger partial charge is 0.138 e. The average Bonchev–Trinajstić information content (AvgIpc) is 2.72. The molecule has 0 unspecified atom stereocenters. The third-order valence-electron chi connectivity index (χ3n) is 2.28. The Kier molecular flexibility index (Phi) is 1.31. The largest absolute Gasteiger partial charge is 0.370 e. The van der Waals surface area contributed by atoms with E-state index in [1.165, 1.54) is 0 Å². The fourth-order valence-electron chi connectivity index (χ4n) is 1.64. The number of fused-ring (bicyclic) bond motifs is 3. The first kappa shape index (κ1) is 6.91. The van der Waals surface area contributed by atoms with Gasteiger partial charge in [-0.2, -0.15) is 5.10 Å². The van der Waals surface area contributed by atoms with Crippen LogP contribution in [0, 0.1) is 0 Å². The van der Waals surface area contributed by atoms with Gasteiger partial charge in [-0.25, -0.2) is 0 Å². The summed E-state index contributed by atoms with van der Waals surface area (Å²) in [5.74, 6) is 1.03. The summed E-state index contributed by atoms with van der Waals surface area (Å²) in [5.41, 5.74) is 2.26. The van der Waals surface area contributed by atoms with E-state index in [1.54, 1.807) is 0 Å². The van der Waals surface area contributed by atoms with Crippen LogP contribution in [0.4, 0.5) is 0 Å². The summed E-state index contributed by atoms with van der Waals surface area (Å²) in [4.78, 5) is 0. The standard InChI is InChI=1S/C9H9N3O/c1-2-8-6-13-5-7-4-10-11-9(7)12(8)3-1/h1-4H,5-6H2,(H,10,11). The first-order valence-corrected chi connectivity index (χ1v) is 4.22. The zero-order chi connectivity index (χ0) is 8.67. The molecule has 3 rings (SSSR count). The number of H-pyrrole nitrogens is 1. The van der Waals surface area contributed by atoms with Gasteiger partial charge in [0.2, 0.25) is 0 Å². The molecule has 0 aromatic carbocycles. The molecule has 0 aliphatic carbocycles. The quantitative estimate of drug-likeness (QED) is 0.654. The van der Waals surface area contributed by atoms with E-state index in [0.717, 1.165) is 17.1 Å². The van der Waals surface area contributed by atoms with E-state index >= 15 is 0 Å². The molecule has 3 heterocycles. The summed E-state index contributed by atoms with van der Waals surface area (Å²) in [7, 11) is 0. The normalized spacial score (nSPS) is 14.8. The molecule has 13 heavy (non-hydrogen) atoms. The minimum Gasteiger partial charge on any atom is -0.370 e. The number of hydrogen-bond donors (Lipinski definition) is 1. The number of aromatic nitrogens is 3. The molecule has 0 atom stereocenters. The molecule has 1 aliphatic rings. The molecule has 4 heteroatoms. The van der Waals surface area contributed by atoms with Crippen LogP contribution in [0.1, 0.15) is 11.3 Å². The molecule has 4 nitrogen and oxygen atoms in total. The van der Waals surface area contributed by atoms with E-state index in [1.807, 2.05) is 18.5 Å². The van der Waals surface area contributed by atoms with Gasteiger partial charge in [-0.15, -0.1) is 0 Å². The molecule has 0 saturated carbocycles. The fourth-order valence-corrected chi connectivity index (χ4v) is 1.64. The van der Waals surface area contributed by atoms with E-state index in [-0.39, 0.29) is 0 Å². The third kappa shape index (κ3) is 0.922. The monoisotopic (exact) mass is 175 g/mol. The number of nitrogens with one attached hydrogen (secondary N) is 1. The van der Waals surface area contributed by atoms with Gasteiger partial charge in [0.15, 0.2) is 0 Å². The Morgan fingerprint density at radius 2 is 2.46 bits per heavy atom. The zero-order valence-corrected chi connectivity index (χ0v) is 7.03. The molecule has 2 aromatic heterocycles. The fraction of sp³-hybridized carbons (Fsp3) is 0.222. The number of hydrogen-bond acceptors (Lipinski definition) is 2. The van der Waals surface area contributed by atoms with E-state index < -0.39 is 0 Å². The average molecular weight is 175 g/mol. The molecule has 1 N–H and O–H groups in total. The van der Waals surface area contributed by atoms with Gasteiger partial charge in [0.25, 0.3) is 0 Å². The Labute approximate surface area is 75.1 Å². The summed E-state index contributed by atoms with van der Waals surface area (Å²) < 4.78 is 7.56. The lowest BCUT2D eigenvalue weighted by Crippen LogP contribution is -1.97. The second-order valence-corrected chi connectivity index (χ2v) is 3.11. The van der Waals surface area contributed by atoms with Crippen LogP contribution in [0.25, 0.3) is 5.82 Å². The van der Waals surface area contributed by atoms with Crippen molar-refractivity contribution in [2.24, 2.45) is 0 Å². The molecule has 2 aromatic rings. The predicted molar refractivity (Wildman–Crippen MR) is 46.4 cm³/mol. The molecule has 0 saturated heterocycles. The van der Waals surface area contributed by atoms with Gasteiger partial charge in [0.05, 0.1) is 19.4 Å². The van der Waals surface area contributed by atoms with Crippen LogP contribution in [0.5, 0.6) is 0 Å². The van der Waals surface area contributed by atoms with Crippen molar-refractivity contribution >= 4 is 0 Å². The van der Waals surface area contributed by atoms with Gasteiger partial charge in [0.1, 0.15) is 5.82 Å². The summed E-state index contributed by atoms with van der Waals surface area (Å²) >= 11 is 0. The molecule has 0 fully saturated rings. The lowest BCUT2D eigenvalue weighted by atomic mass is 10.3. The SMILES string of the molecule is c1cc2n(c1)-c1[nH]ncc1COC2. The highest BCUT2D eigenvalue weighted by Crippen LogP contribution is 2.20. The third-order valence-corrected chi connectivity index (χ3v) is 2.28. The maximum Gasteiger partial charge on any atom is 0.138 e. The van der Waals surface area contributed by atoms with Gasteiger partial charge in [0, 0.05) is 17.5 Å². The second-order valence-electron chi connectivity index (χ2n) is 3.11. The van der Waals surface area contributed by atoms with Crippen molar-refractivity contribution in [1.29, 1.82) is 0 Å². The Morgan fingerprint density at radius 3 is 3.46 bits per heavy atom. The topological polar surface area (TPSA) is 42.8 Å². The minimum atomic E-state index is 0.632. The number of nitrogens with zero attached hydrogens (tertiary/aromatic N) is 2. The van der Waals surface area contributed by atoms with Gasteiger partial charge < -0.3 is 9.30 Å². The Morgan fingerprint density at radius 1 is 1.46 bits per heavy atom. The van der Waals surface area contributed by atoms with E-state index in [9.17, 15) is 0 Å². The molecule has 0 amide bonds. The summed E-state index contributed by atoms with van der Waals surface area (Å²) in [6.45, 7) is 1.29. The van der Waals surface area contributed by atoms with Gasteiger partial charge >= 0.3 is 0 Å². The maximum absolute atomic E-state index is 5.48. The maximum atomic E-state index is 5.48. The van der Waals surface area contributed by atoms with Crippen molar-refractivity contribution in [2.75, 3.05) is 0 Å². The van der Waals surface area contributed by atoms with Crippen LogP contribution in [-0.4, -0.2) is 14.8 Å². The highest BCUT2D eigenvalue weighted by Gasteiger charge is 2.14. The highest BCUT2D eigenvalue weighted by atomic mass is 16.5. The zero-order valence-electron chi connectivity index (χ0n) is 7.03. The van der Waals surface area contributed by atoms with Crippen LogP contribution in [0.15, 0.2) is 24.5 Å². The first-order valence-electron chi connectivity index (χ1n) is 4.22. The molecular formula is C9H9N3O. The number of rotatable bonds is 0. The molecule has 66 valence electrons. The van der Waals surface area contributed by atoms with Crippen LogP contribution >= 0.6 is 0 Å². The molecule has 0 bridgehead atoms. The molecule has 0 spiro atoms. The molecule has 0 radical (unpaired) electrons. The van der Waals surface area contributed by atoms with Gasteiger partial charge in [-0.1, -0.05) is 0 Å². The van der Waals surface area contributed by atoms with E-state index in [2.05, 4.69) is 20.8 Å². The van der Waals surface area contributed by atoms with Crippen molar-refractivity contribution in [2.45, 2.75) is 13.2 Å². The Bertz CT molecular complexity index is 389. The van der Waals surface area contributed by atoms with Crippen LogP contribution in [-0.2, 0) is 18.0 Å². The molecular weight excluding hydrogens is 166 g/mol. The van der Waals surface area contributed by atoms with Crippen molar-refractivity contribution in [1.82, 2.24) is 14.8 Å². The van der Waals surface area contributed by atoms with Crippen LogP contribution in [0.3, 0.4) is 0 Å². The van der Waals surface area contributed by atoms with Crippen LogP contribution < -0.4 is 0 Å². The summed E-state index contributed by atoms with van der Waals surface area (Å²) in [5, 5.41) is 6.97. The minimum absolute atomic E-state index is 0.632. The Balaban J connectivity index is 2.27. The lowest BCUT2D eigenvalue weighted by molar-refractivity contribution is 0.108. The second kappa shape index (κ2) is 2.47. The van der Waals surface area contributed by atoms with Crippen molar-refractivity contribution < 1.29 is 4.74 Å². The number of aromatic amines is 1. The summed E-state index contributed by atoms with van der Waals surface area (Å²) in [6, 6.07) is 4.06. The molecule has 1 aliphatic heterocycles. The van der Waals surface area contributed by atoms with E-state index in [0.29, 0.717) is 13.2 Å². The van der Waals surface area contributed by atoms with Crippen molar-refractivity contribution in [3.8, 4) is 5.82 Å². The van der Waals surface area contributed by atoms with Crippen LogP contribution in [0.2, 0.25) is 0 Å².